The lowest BCUT2D eigenvalue weighted by Crippen LogP contribution is -1.94. The van der Waals surface area contributed by atoms with Gasteiger partial charge in [-0.05, 0) is 42.6 Å². The molecule has 0 atom stereocenters. The Hall–Kier alpha value is -1.32. The van der Waals surface area contributed by atoms with Gasteiger partial charge in [-0.3, -0.25) is 0 Å². The Labute approximate surface area is 109 Å². The van der Waals surface area contributed by atoms with Gasteiger partial charge in [-0.1, -0.05) is 23.7 Å². The van der Waals surface area contributed by atoms with Crippen LogP contribution in [0.1, 0.15) is 11.1 Å². The Morgan fingerprint density at radius 3 is 2.71 bits per heavy atom. The number of hydrogen-bond donors (Lipinski definition) is 0. The summed E-state index contributed by atoms with van der Waals surface area (Å²) in [5, 5.41) is 0.435. The monoisotopic (exact) mass is 268 g/mol. The summed E-state index contributed by atoms with van der Waals surface area (Å²) in [6, 6.07) is 5.78. The van der Waals surface area contributed by atoms with Gasteiger partial charge < -0.3 is 4.74 Å². The van der Waals surface area contributed by atoms with Gasteiger partial charge in [0.15, 0.2) is 0 Å². The number of hydrogen-bond acceptors (Lipinski definition) is 3. The van der Waals surface area contributed by atoms with Crippen molar-refractivity contribution in [2.24, 2.45) is 0 Å². The maximum atomic E-state index is 5.93. The van der Waals surface area contributed by atoms with Crippen molar-refractivity contribution in [2.75, 3.05) is 0 Å². The zero-order valence-corrected chi connectivity index (χ0v) is 10.9. The molecule has 1 aromatic heterocycles. The Morgan fingerprint density at radius 2 is 1.94 bits per heavy atom. The summed E-state index contributed by atoms with van der Waals surface area (Å²) in [6.45, 7) is 3.98. The van der Waals surface area contributed by atoms with Gasteiger partial charge in [-0.2, -0.15) is 4.98 Å². The summed E-state index contributed by atoms with van der Waals surface area (Å²) in [4.78, 5) is 7.70. The van der Waals surface area contributed by atoms with Crippen LogP contribution in [0.2, 0.25) is 10.3 Å². The smallest absolute Gasteiger partial charge is 0.242 e. The van der Waals surface area contributed by atoms with Gasteiger partial charge in [-0.15, -0.1) is 0 Å². The van der Waals surface area contributed by atoms with Crippen LogP contribution >= 0.6 is 23.2 Å². The standard InChI is InChI=1S/C12H10Cl2N2O/c1-7-4-3-5-10(8(7)2)17-11-9(13)6-15-12(14)16-11/h3-6H,1-2H3. The summed E-state index contributed by atoms with van der Waals surface area (Å²) in [5.41, 5.74) is 2.18. The minimum absolute atomic E-state index is 0.106. The molecule has 0 spiro atoms. The van der Waals surface area contributed by atoms with Crippen LogP contribution in [0.15, 0.2) is 24.4 Å². The third-order valence-corrected chi connectivity index (χ3v) is 2.89. The quantitative estimate of drug-likeness (QED) is 0.766. The van der Waals surface area contributed by atoms with Crippen molar-refractivity contribution >= 4 is 23.2 Å². The highest BCUT2D eigenvalue weighted by atomic mass is 35.5. The van der Waals surface area contributed by atoms with Gasteiger partial charge in [-0.25, -0.2) is 4.98 Å². The summed E-state index contributed by atoms with van der Waals surface area (Å²) in [6.07, 6.45) is 1.41. The second-order valence-corrected chi connectivity index (χ2v) is 4.34. The van der Waals surface area contributed by atoms with Crippen molar-refractivity contribution in [1.29, 1.82) is 0 Å². The van der Waals surface area contributed by atoms with Crippen LogP contribution in [-0.2, 0) is 0 Å². The molecule has 2 rings (SSSR count). The van der Waals surface area contributed by atoms with Crippen LogP contribution in [-0.4, -0.2) is 9.97 Å². The lowest BCUT2D eigenvalue weighted by atomic mass is 10.1. The van der Waals surface area contributed by atoms with Crippen molar-refractivity contribution in [2.45, 2.75) is 13.8 Å². The largest absolute Gasteiger partial charge is 0.437 e. The third-order valence-electron chi connectivity index (χ3n) is 2.44. The number of halogens is 2. The zero-order chi connectivity index (χ0) is 12.4. The van der Waals surface area contributed by atoms with Crippen molar-refractivity contribution < 1.29 is 4.74 Å². The second-order valence-electron chi connectivity index (χ2n) is 3.59. The molecule has 1 heterocycles. The molecule has 0 amide bonds. The van der Waals surface area contributed by atoms with Crippen LogP contribution < -0.4 is 4.74 Å². The van der Waals surface area contributed by atoms with Crippen molar-refractivity contribution in [1.82, 2.24) is 9.97 Å². The van der Waals surface area contributed by atoms with E-state index < -0.39 is 0 Å². The number of nitrogens with zero attached hydrogens (tertiary/aromatic N) is 2. The van der Waals surface area contributed by atoms with Gasteiger partial charge in [0.05, 0.1) is 6.20 Å². The molecule has 0 radical (unpaired) electrons. The van der Waals surface area contributed by atoms with Gasteiger partial charge in [0.1, 0.15) is 10.8 Å². The van der Waals surface area contributed by atoms with E-state index in [9.17, 15) is 0 Å². The van der Waals surface area contributed by atoms with Crippen LogP contribution in [0.5, 0.6) is 11.6 Å². The molecule has 0 aliphatic carbocycles. The maximum Gasteiger partial charge on any atom is 0.242 e. The van der Waals surface area contributed by atoms with Crippen LogP contribution in [0.3, 0.4) is 0 Å². The Bertz CT molecular complexity index is 558. The number of rotatable bonds is 2. The van der Waals surface area contributed by atoms with E-state index in [2.05, 4.69) is 9.97 Å². The molecule has 88 valence electrons. The summed E-state index contributed by atoms with van der Waals surface area (Å²) in [7, 11) is 0. The number of benzene rings is 1. The predicted octanol–water partition coefficient (Wildman–Crippen LogP) is 4.19. The summed E-state index contributed by atoms with van der Waals surface area (Å²) in [5.74, 6) is 0.974. The zero-order valence-electron chi connectivity index (χ0n) is 9.37. The highest BCUT2D eigenvalue weighted by molar-refractivity contribution is 6.32. The summed E-state index contributed by atoms with van der Waals surface area (Å²) >= 11 is 11.6. The van der Waals surface area contributed by atoms with Crippen molar-refractivity contribution in [3.8, 4) is 11.6 Å². The molecule has 0 saturated heterocycles. The SMILES string of the molecule is Cc1cccc(Oc2nc(Cl)ncc2Cl)c1C. The summed E-state index contributed by atoms with van der Waals surface area (Å²) < 4.78 is 5.63. The maximum absolute atomic E-state index is 5.93. The molecule has 0 unspecified atom stereocenters. The van der Waals surface area contributed by atoms with Gasteiger partial charge in [0.25, 0.3) is 0 Å². The Balaban J connectivity index is 2.38. The van der Waals surface area contributed by atoms with Crippen LogP contribution in [0, 0.1) is 13.8 Å². The average molecular weight is 269 g/mol. The van der Waals surface area contributed by atoms with Crippen molar-refractivity contribution in [3.05, 3.63) is 45.8 Å². The average Bonchev–Trinajstić information content (AvgIpc) is 2.30. The van der Waals surface area contributed by atoms with Crippen LogP contribution in [0.4, 0.5) is 0 Å². The van der Waals surface area contributed by atoms with E-state index in [1.165, 1.54) is 6.20 Å². The van der Waals surface area contributed by atoms with Gasteiger partial charge in [0, 0.05) is 0 Å². The predicted molar refractivity (Wildman–Crippen MR) is 68.0 cm³/mol. The third kappa shape index (κ3) is 2.68. The first-order valence-corrected chi connectivity index (χ1v) is 5.75. The van der Waals surface area contributed by atoms with E-state index in [0.29, 0.717) is 10.8 Å². The fourth-order valence-electron chi connectivity index (χ4n) is 1.34. The molecule has 0 bridgehead atoms. The molecule has 2 aromatic rings. The van der Waals surface area contributed by atoms with Crippen molar-refractivity contribution in [3.63, 3.8) is 0 Å². The fraction of sp³-hybridized carbons (Fsp3) is 0.167. The Morgan fingerprint density at radius 1 is 1.18 bits per heavy atom. The Kier molecular flexibility index (Phi) is 3.50. The first kappa shape index (κ1) is 12.1. The number of aromatic nitrogens is 2. The van der Waals surface area contributed by atoms with E-state index in [0.717, 1.165) is 11.1 Å². The van der Waals surface area contributed by atoms with Gasteiger partial charge in [0.2, 0.25) is 11.2 Å². The topological polar surface area (TPSA) is 35.0 Å². The number of aryl methyl sites for hydroxylation is 1. The van der Waals surface area contributed by atoms with Crippen LogP contribution in [0.25, 0.3) is 0 Å². The first-order valence-electron chi connectivity index (χ1n) is 5.00. The second kappa shape index (κ2) is 4.90. The molecule has 0 saturated carbocycles. The molecule has 0 aliphatic heterocycles. The van der Waals surface area contributed by atoms with E-state index in [1.54, 1.807) is 0 Å². The highest BCUT2D eigenvalue weighted by Gasteiger charge is 2.09. The molecular formula is C12H10Cl2N2O. The minimum Gasteiger partial charge on any atom is -0.437 e. The first-order chi connectivity index (χ1) is 8.08. The van der Waals surface area contributed by atoms with E-state index in [1.807, 2.05) is 32.0 Å². The molecule has 0 fully saturated rings. The molecule has 0 aliphatic rings. The number of ether oxygens (including phenoxy) is 1. The minimum atomic E-state index is 0.106. The van der Waals surface area contributed by atoms with E-state index in [-0.39, 0.29) is 11.2 Å². The lowest BCUT2D eigenvalue weighted by molar-refractivity contribution is 0.458. The highest BCUT2D eigenvalue weighted by Crippen LogP contribution is 2.30. The molecule has 3 nitrogen and oxygen atoms in total. The van der Waals surface area contributed by atoms with Gasteiger partial charge >= 0.3 is 0 Å². The van der Waals surface area contributed by atoms with E-state index >= 15 is 0 Å². The fourth-order valence-corrected chi connectivity index (χ4v) is 1.60. The molecule has 0 N–H and O–H groups in total. The van der Waals surface area contributed by atoms with E-state index in [4.69, 9.17) is 27.9 Å². The normalized spacial score (nSPS) is 10.4. The molecule has 5 heteroatoms. The lowest BCUT2D eigenvalue weighted by Gasteiger charge is -2.10. The molecular weight excluding hydrogens is 259 g/mol. The molecule has 1 aromatic carbocycles. The molecule has 17 heavy (non-hydrogen) atoms.